The van der Waals surface area contributed by atoms with E-state index in [-0.39, 0.29) is 17.9 Å². The van der Waals surface area contributed by atoms with Crippen LogP contribution in [0.3, 0.4) is 0 Å². The predicted octanol–water partition coefficient (Wildman–Crippen LogP) is -0.0752. The fourth-order valence-corrected chi connectivity index (χ4v) is 1.93. The van der Waals surface area contributed by atoms with Crippen molar-refractivity contribution in [3.8, 4) is 6.07 Å². The second-order valence-electron chi connectivity index (χ2n) is 3.05. The predicted molar refractivity (Wildman–Crippen MR) is 52.0 cm³/mol. The van der Waals surface area contributed by atoms with Crippen LogP contribution in [0.2, 0.25) is 0 Å². The maximum absolute atomic E-state index is 11.4. The van der Waals surface area contributed by atoms with Crippen LogP contribution in [0, 0.1) is 17.2 Å². The van der Waals surface area contributed by atoms with Crippen LogP contribution in [0.1, 0.15) is 6.92 Å². The van der Waals surface area contributed by atoms with Gasteiger partial charge in [-0.2, -0.15) is 5.26 Å². The molecule has 4 nitrogen and oxygen atoms in total. The van der Waals surface area contributed by atoms with Crippen molar-refractivity contribution < 1.29 is 4.79 Å². The van der Waals surface area contributed by atoms with Crippen LogP contribution in [0.4, 0.5) is 0 Å². The number of nitriles is 1. The Labute approximate surface area is 82.1 Å². The Kier molecular flexibility index (Phi) is 4.06. The van der Waals surface area contributed by atoms with Crippen LogP contribution in [0.25, 0.3) is 0 Å². The van der Waals surface area contributed by atoms with Crippen LogP contribution in [0.5, 0.6) is 0 Å². The Morgan fingerprint density at radius 1 is 1.92 bits per heavy atom. The van der Waals surface area contributed by atoms with E-state index in [0.717, 1.165) is 11.6 Å². The average Bonchev–Trinajstić information content (AvgIpc) is 2.66. The Morgan fingerprint density at radius 3 is 3.23 bits per heavy atom. The molecule has 72 valence electrons. The van der Waals surface area contributed by atoms with Gasteiger partial charge in [-0.1, -0.05) is 0 Å². The summed E-state index contributed by atoms with van der Waals surface area (Å²) in [6, 6.07) is 2.00. The SMILES string of the molecule is CC(C#N)CNC(=O)C1CSCN1. The first-order chi connectivity index (χ1) is 6.24. The second kappa shape index (κ2) is 5.10. The van der Waals surface area contributed by atoms with E-state index < -0.39 is 0 Å². The van der Waals surface area contributed by atoms with Gasteiger partial charge >= 0.3 is 0 Å². The quantitative estimate of drug-likeness (QED) is 0.667. The summed E-state index contributed by atoms with van der Waals surface area (Å²) >= 11 is 1.71. The lowest BCUT2D eigenvalue weighted by Gasteiger charge is -2.10. The number of hydrogen-bond donors (Lipinski definition) is 2. The van der Waals surface area contributed by atoms with E-state index in [2.05, 4.69) is 16.7 Å². The zero-order valence-corrected chi connectivity index (χ0v) is 8.36. The molecule has 0 aromatic rings. The maximum Gasteiger partial charge on any atom is 0.238 e. The summed E-state index contributed by atoms with van der Waals surface area (Å²) in [5, 5.41) is 14.3. The van der Waals surface area contributed by atoms with Gasteiger partial charge in [-0.3, -0.25) is 10.1 Å². The molecule has 0 aliphatic carbocycles. The first kappa shape index (κ1) is 10.4. The average molecular weight is 199 g/mol. The number of carbonyl (C=O) groups is 1. The number of nitrogens with one attached hydrogen (secondary N) is 2. The number of nitrogens with zero attached hydrogens (tertiary/aromatic N) is 1. The van der Waals surface area contributed by atoms with Gasteiger partial charge in [-0.05, 0) is 6.92 Å². The minimum absolute atomic E-state index is 0.00657. The van der Waals surface area contributed by atoms with Gasteiger partial charge in [0, 0.05) is 18.2 Å². The summed E-state index contributed by atoms with van der Waals surface area (Å²) < 4.78 is 0. The molecule has 5 heteroatoms. The van der Waals surface area contributed by atoms with Crippen LogP contribution in [-0.2, 0) is 4.79 Å². The summed E-state index contributed by atoms with van der Waals surface area (Å²) in [5.41, 5.74) is 0. The molecule has 1 amide bonds. The minimum Gasteiger partial charge on any atom is -0.353 e. The highest BCUT2D eigenvalue weighted by Gasteiger charge is 2.22. The van der Waals surface area contributed by atoms with Crippen molar-refractivity contribution in [3.05, 3.63) is 0 Å². The smallest absolute Gasteiger partial charge is 0.238 e. The third kappa shape index (κ3) is 3.25. The molecule has 0 saturated carbocycles. The highest BCUT2D eigenvalue weighted by molar-refractivity contribution is 7.99. The van der Waals surface area contributed by atoms with Gasteiger partial charge in [0.05, 0.1) is 18.0 Å². The summed E-state index contributed by atoms with van der Waals surface area (Å²) in [6.07, 6.45) is 0. The Balaban J connectivity index is 2.21. The van der Waals surface area contributed by atoms with Crippen molar-refractivity contribution in [1.82, 2.24) is 10.6 Å². The van der Waals surface area contributed by atoms with E-state index in [9.17, 15) is 4.79 Å². The fourth-order valence-electron chi connectivity index (χ4n) is 0.986. The van der Waals surface area contributed by atoms with Gasteiger partial charge < -0.3 is 5.32 Å². The van der Waals surface area contributed by atoms with Crippen LogP contribution >= 0.6 is 11.8 Å². The first-order valence-electron chi connectivity index (χ1n) is 4.22. The highest BCUT2D eigenvalue weighted by atomic mass is 32.2. The molecule has 0 aromatic carbocycles. The Morgan fingerprint density at radius 2 is 2.69 bits per heavy atom. The highest BCUT2D eigenvalue weighted by Crippen LogP contribution is 2.09. The molecule has 1 aliphatic rings. The van der Waals surface area contributed by atoms with E-state index in [1.807, 2.05) is 0 Å². The van der Waals surface area contributed by atoms with Crippen LogP contribution in [-0.4, -0.2) is 30.1 Å². The molecule has 1 aliphatic heterocycles. The molecule has 2 unspecified atom stereocenters. The summed E-state index contributed by atoms with van der Waals surface area (Å²) in [6.45, 7) is 2.23. The molecular formula is C8H13N3OS. The van der Waals surface area contributed by atoms with Gasteiger partial charge in [0.2, 0.25) is 5.91 Å². The fraction of sp³-hybridized carbons (Fsp3) is 0.750. The van der Waals surface area contributed by atoms with Gasteiger partial charge in [-0.25, -0.2) is 0 Å². The Bertz CT molecular complexity index is 220. The van der Waals surface area contributed by atoms with Gasteiger partial charge in [0.15, 0.2) is 0 Å². The molecule has 0 bridgehead atoms. The van der Waals surface area contributed by atoms with Crippen molar-refractivity contribution in [1.29, 1.82) is 5.26 Å². The third-order valence-electron chi connectivity index (χ3n) is 1.84. The van der Waals surface area contributed by atoms with Gasteiger partial charge in [0.1, 0.15) is 0 Å². The van der Waals surface area contributed by atoms with Crippen molar-refractivity contribution in [3.63, 3.8) is 0 Å². The van der Waals surface area contributed by atoms with Crippen molar-refractivity contribution in [2.24, 2.45) is 5.92 Å². The van der Waals surface area contributed by atoms with Gasteiger partial charge in [0.25, 0.3) is 0 Å². The van der Waals surface area contributed by atoms with Crippen LogP contribution in [0.15, 0.2) is 0 Å². The zero-order chi connectivity index (χ0) is 9.68. The molecule has 0 aromatic heterocycles. The Hall–Kier alpha value is -0.730. The lowest BCUT2D eigenvalue weighted by Crippen LogP contribution is -2.43. The zero-order valence-electron chi connectivity index (χ0n) is 7.54. The summed E-state index contributed by atoms with van der Waals surface area (Å²) in [5.74, 6) is 1.56. The normalized spacial score (nSPS) is 23.5. The van der Waals surface area contributed by atoms with E-state index in [0.29, 0.717) is 6.54 Å². The van der Waals surface area contributed by atoms with Crippen molar-refractivity contribution >= 4 is 17.7 Å². The molecule has 1 fully saturated rings. The second-order valence-corrected chi connectivity index (χ2v) is 4.08. The van der Waals surface area contributed by atoms with Gasteiger partial charge in [-0.15, -0.1) is 11.8 Å². The van der Waals surface area contributed by atoms with E-state index in [1.165, 1.54) is 0 Å². The topological polar surface area (TPSA) is 64.9 Å². The third-order valence-corrected chi connectivity index (χ3v) is 2.78. The monoisotopic (exact) mass is 199 g/mol. The molecule has 0 spiro atoms. The number of rotatable bonds is 3. The van der Waals surface area contributed by atoms with Crippen molar-refractivity contribution in [2.45, 2.75) is 13.0 Å². The summed E-state index contributed by atoms with van der Waals surface area (Å²) in [7, 11) is 0. The van der Waals surface area contributed by atoms with E-state index in [4.69, 9.17) is 5.26 Å². The molecule has 0 radical (unpaired) electrons. The molecular weight excluding hydrogens is 186 g/mol. The van der Waals surface area contributed by atoms with Crippen LogP contribution < -0.4 is 10.6 Å². The molecule has 2 N–H and O–H groups in total. The molecule has 1 heterocycles. The molecule has 13 heavy (non-hydrogen) atoms. The largest absolute Gasteiger partial charge is 0.353 e. The standard InChI is InChI=1S/C8H13N3OS/c1-6(2-9)3-10-8(12)7-4-13-5-11-7/h6-7,11H,3-5H2,1H3,(H,10,12). The summed E-state index contributed by atoms with van der Waals surface area (Å²) in [4.78, 5) is 11.4. The lowest BCUT2D eigenvalue weighted by molar-refractivity contribution is -0.122. The number of carbonyl (C=O) groups excluding carboxylic acids is 1. The first-order valence-corrected chi connectivity index (χ1v) is 5.38. The minimum atomic E-state index is -0.113. The van der Waals surface area contributed by atoms with E-state index >= 15 is 0 Å². The molecule has 1 saturated heterocycles. The number of thioether (sulfide) groups is 1. The molecule has 1 rings (SSSR count). The number of amides is 1. The number of hydrogen-bond acceptors (Lipinski definition) is 4. The molecule has 2 atom stereocenters. The maximum atomic E-state index is 11.4. The van der Waals surface area contributed by atoms with Crippen molar-refractivity contribution in [2.75, 3.05) is 18.2 Å². The van der Waals surface area contributed by atoms with E-state index in [1.54, 1.807) is 18.7 Å². The lowest BCUT2D eigenvalue weighted by atomic mass is 10.2.